The molecule has 0 atom stereocenters. The highest BCUT2D eigenvalue weighted by Crippen LogP contribution is 2.23. The predicted molar refractivity (Wildman–Crippen MR) is 75.8 cm³/mol. The Morgan fingerprint density at radius 3 is 2.94 bits per heavy atom. The minimum Gasteiger partial charge on any atom is -0.399 e. The lowest BCUT2D eigenvalue weighted by Crippen LogP contribution is -2.26. The summed E-state index contributed by atoms with van der Waals surface area (Å²) in [5, 5.41) is 2.85. The van der Waals surface area contributed by atoms with Crippen LogP contribution in [-0.4, -0.2) is 31.9 Å². The number of nitrogens with one attached hydrogen (secondary N) is 1. The molecule has 1 aromatic carbocycles. The molecule has 0 radical (unpaired) electrons. The van der Waals surface area contributed by atoms with Crippen molar-refractivity contribution >= 4 is 23.4 Å². The predicted octanol–water partition coefficient (Wildman–Crippen LogP) is 1.82. The number of nitrogens with two attached hydrogens (primary N) is 1. The Kier molecular flexibility index (Phi) is 6.60. The van der Waals surface area contributed by atoms with Crippen molar-refractivity contribution in [1.29, 1.82) is 0 Å². The first-order valence-electron chi connectivity index (χ1n) is 5.88. The van der Waals surface area contributed by atoms with Crippen LogP contribution in [0.4, 0.5) is 5.69 Å². The van der Waals surface area contributed by atoms with Gasteiger partial charge in [0.05, 0.1) is 5.75 Å². The zero-order chi connectivity index (χ0) is 13.4. The summed E-state index contributed by atoms with van der Waals surface area (Å²) in [6.45, 7) is 3.33. The lowest BCUT2D eigenvalue weighted by molar-refractivity contribution is -0.118. The first kappa shape index (κ1) is 14.9. The van der Waals surface area contributed by atoms with Crippen molar-refractivity contribution in [1.82, 2.24) is 5.32 Å². The molecular weight excluding hydrogens is 248 g/mol. The van der Waals surface area contributed by atoms with Gasteiger partial charge in [0.1, 0.15) is 0 Å². The van der Waals surface area contributed by atoms with Crippen LogP contribution in [0, 0.1) is 6.92 Å². The molecule has 0 aliphatic rings. The van der Waals surface area contributed by atoms with Crippen molar-refractivity contribution in [2.75, 3.05) is 31.7 Å². The number of amides is 1. The molecule has 0 saturated heterocycles. The van der Waals surface area contributed by atoms with Crippen LogP contribution >= 0.6 is 11.8 Å². The molecule has 1 rings (SSSR count). The van der Waals surface area contributed by atoms with E-state index in [9.17, 15) is 4.79 Å². The topological polar surface area (TPSA) is 64.3 Å². The molecule has 18 heavy (non-hydrogen) atoms. The monoisotopic (exact) mass is 268 g/mol. The number of anilines is 1. The Hall–Kier alpha value is -1.20. The fourth-order valence-electron chi connectivity index (χ4n) is 1.47. The largest absolute Gasteiger partial charge is 0.399 e. The van der Waals surface area contributed by atoms with Crippen molar-refractivity contribution in [3.63, 3.8) is 0 Å². The van der Waals surface area contributed by atoms with Gasteiger partial charge in [-0.1, -0.05) is 0 Å². The summed E-state index contributed by atoms with van der Waals surface area (Å²) < 4.78 is 4.91. The maximum atomic E-state index is 11.6. The average molecular weight is 268 g/mol. The molecule has 0 aliphatic heterocycles. The summed E-state index contributed by atoms with van der Waals surface area (Å²) in [6.07, 6.45) is 0.841. The summed E-state index contributed by atoms with van der Waals surface area (Å²) >= 11 is 1.53. The van der Waals surface area contributed by atoms with Crippen LogP contribution in [0.25, 0.3) is 0 Å². The van der Waals surface area contributed by atoms with E-state index >= 15 is 0 Å². The number of hydrogen-bond acceptors (Lipinski definition) is 4. The Bertz CT molecular complexity index is 397. The molecule has 0 aliphatic carbocycles. The first-order valence-corrected chi connectivity index (χ1v) is 6.86. The minimum atomic E-state index is 0.0485. The standard InChI is InChI=1S/C13H20N2O2S/c1-10-8-11(14)4-5-12(10)18-9-13(16)15-6-3-7-17-2/h4-5,8H,3,6-7,9,14H2,1-2H3,(H,15,16). The number of ether oxygens (including phenoxy) is 1. The van der Waals surface area contributed by atoms with Gasteiger partial charge in [0, 0.05) is 30.8 Å². The van der Waals surface area contributed by atoms with E-state index in [4.69, 9.17) is 10.5 Å². The molecule has 3 N–H and O–H groups in total. The third-order valence-corrected chi connectivity index (χ3v) is 3.58. The van der Waals surface area contributed by atoms with Crippen LogP contribution in [-0.2, 0) is 9.53 Å². The van der Waals surface area contributed by atoms with Crippen LogP contribution in [0.1, 0.15) is 12.0 Å². The van der Waals surface area contributed by atoms with Crippen LogP contribution < -0.4 is 11.1 Å². The molecule has 100 valence electrons. The zero-order valence-electron chi connectivity index (χ0n) is 10.9. The van der Waals surface area contributed by atoms with Gasteiger partial charge in [-0.05, 0) is 37.1 Å². The lowest BCUT2D eigenvalue weighted by Gasteiger charge is -2.07. The van der Waals surface area contributed by atoms with Crippen molar-refractivity contribution in [2.24, 2.45) is 0 Å². The fourth-order valence-corrected chi connectivity index (χ4v) is 2.31. The van der Waals surface area contributed by atoms with Crippen molar-refractivity contribution < 1.29 is 9.53 Å². The highest BCUT2D eigenvalue weighted by Gasteiger charge is 2.04. The second-order valence-corrected chi connectivity index (χ2v) is 5.03. The number of carbonyl (C=O) groups excluding carboxylic acids is 1. The Labute approximate surface area is 112 Å². The van der Waals surface area contributed by atoms with E-state index < -0.39 is 0 Å². The number of benzene rings is 1. The van der Waals surface area contributed by atoms with Gasteiger partial charge in [-0.2, -0.15) is 0 Å². The molecule has 4 nitrogen and oxygen atoms in total. The van der Waals surface area contributed by atoms with E-state index in [0.717, 1.165) is 22.6 Å². The fraction of sp³-hybridized carbons (Fsp3) is 0.462. The van der Waals surface area contributed by atoms with E-state index in [-0.39, 0.29) is 5.91 Å². The van der Waals surface area contributed by atoms with Gasteiger partial charge in [-0.25, -0.2) is 0 Å². The third-order valence-electron chi connectivity index (χ3n) is 2.41. The van der Waals surface area contributed by atoms with Gasteiger partial charge in [0.25, 0.3) is 0 Å². The highest BCUT2D eigenvalue weighted by molar-refractivity contribution is 8.00. The molecule has 1 aromatic rings. The van der Waals surface area contributed by atoms with Crippen LogP contribution in [0.2, 0.25) is 0 Å². The molecule has 0 aromatic heterocycles. The molecule has 5 heteroatoms. The molecule has 0 spiro atoms. The highest BCUT2D eigenvalue weighted by atomic mass is 32.2. The van der Waals surface area contributed by atoms with E-state index in [1.165, 1.54) is 11.8 Å². The summed E-state index contributed by atoms with van der Waals surface area (Å²) in [5.41, 5.74) is 7.53. The van der Waals surface area contributed by atoms with Gasteiger partial charge >= 0.3 is 0 Å². The second-order valence-electron chi connectivity index (χ2n) is 4.01. The van der Waals surface area contributed by atoms with Crippen molar-refractivity contribution in [3.05, 3.63) is 23.8 Å². The summed E-state index contributed by atoms with van der Waals surface area (Å²) in [5.74, 6) is 0.477. The Balaban J connectivity index is 2.29. The molecule has 0 fully saturated rings. The average Bonchev–Trinajstić information content (AvgIpc) is 2.33. The SMILES string of the molecule is COCCCNC(=O)CSc1ccc(N)cc1C. The number of thioether (sulfide) groups is 1. The van der Waals surface area contributed by atoms with Gasteiger partial charge in [-0.3, -0.25) is 4.79 Å². The van der Waals surface area contributed by atoms with E-state index in [1.54, 1.807) is 7.11 Å². The van der Waals surface area contributed by atoms with Crippen molar-refractivity contribution in [2.45, 2.75) is 18.2 Å². The molecule has 0 heterocycles. The number of hydrogen-bond donors (Lipinski definition) is 2. The normalized spacial score (nSPS) is 10.3. The van der Waals surface area contributed by atoms with Crippen molar-refractivity contribution in [3.8, 4) is 0 Å². The smallest absolute Gasteiger partial charge is 0.230 e. The van der Waals surface area contributed by atoms with Gasteiger partial charge in [0.2, 0.25) is 5.91 Å². The first-order chi connectivity index (χ1) is 8.63. The molecule has 0 saturated carbocycles. The summed E-state index contributed by atoms with van der Waals surface area (Å²) in [6, 6.07) is 5.72. The van der Waals surface area contributed by atoms with E-state index in [1.807, 2.05) is 25.1 Å². The zero-order valence-corrected chi connectivity index (χ0v) is 11.7. The van der Waals surface area contributed by atoms with Crippen LogP contribution in [0.3, 0.4) is 0 Å². The number of aryl methyl sites for hydroxylation is 1. The van der Waals surface area contributed by atoms with Gasteiger partial charge < -0.3 is 15.8 Å². The Morgan fingerprint density at radius 2 is 2.28 bits per heavy atom. The van der Waals surface area contributed by atoms with Crippen LogP contribution in [0.15, 0.2) is 23.1 Å². The number of nitrogen functional groups attached to an aromatic ring is 1. The van der Waals surface area contributed by atoms with Crippen LogP contribution in [0.5, 0.6) is 0 Å². The van der Waals surface area contributed by atoms with Gasteiger partial charge in [0.15, 0.2) is 0 Å². The summed E-state index contributed by atoms with van der Waals surface area (Å²) in [7, 11) is 1.65. The molecule has 0 unspecified atom stereocenters. The van der Waals surface area contributed by atoms with Gasteiger partial charge in [-0.15, -0.1) is 11.8 Å². The van der Waals surface area contributed by atoms with E-state index in [0.29, 0.717) is 18.9 Å². The molecular formula is C13H20N2O2S. The lowest BCUT2D eigenvalue weighted by atomic mass is 10.2. The second kappa shape index (κ2) is 8.00. The quantitative estimate of drug-likeness (QED) is 0.450. The maximum Gasteiger partial charge on any atom is 0.230 e. The number of carbonyl (C=O) groups is 1. The van der Waals surface area contributed by atoms with E-state index in [2.05, 4.69) is 5.32 Å². The Morgan fingerprint density at radius 1 is 1.50 bits per heavy atom. The summed E-state index contributed by atoms with van der Waals surface area (Å²) in [4.78, 5) is 12.7. The number of methoxy groups -OCH3 is 1. The molecule has 1 amide bonds. The minimum absolute atomic E-state index is 0.0485. The molecule has 0 bridgehead atoms. The number of rotatable bonds is 7. The third kappa shape index (κ3) is 5.42. The maximum absolute atomic E-state index is 11.6.